The molecule has 0 saturated heterocycles. The average molecular weight is 404 g/mol. The molecule has 1 heteroatoms. The maximum atomic E-state index is 1.75. The van der Waals surface area contributed by atoms with E-state index in [1.807, 2.05) is 0 Å². The Bertz CT molecular complexity index is 392. The van der Waals surface area contributed by atoms with Crippen molar-refractivity contribution in [3.8, 4) is 0 Å². The molecule has 0 aromatic rings. The Morgan fingerprint density at radius 1 is 0.409 bits per heavy atom. The van der Waals surface area contributed by atoms with Crippen LogP contribution in [0.5, 0.6) is 0 Å². The fourth-order valence-electron chi connectivity index (χ4n) is 8.78. The van der Waals surface area contributed by atoms with E-state index in [1.165, 1.54) is 47.3 Å². The fourth-order valence-corrected chi connectivity index (χ4v) is 25.9. The van der Waals surface area contributed by atoms with Gasteiger partial charge in [0.15, 0.2) is 0 Å². The van der Waals surface area contributed by atoms with E-state index in [-0.39, 0.29) is 0 Å². The van der Waals surface area contributed by atoms with E-state index in [0.29, 0.717) is 0 Å². The van der Waals surface area contributed by atoms with Gasteiger partial charge in [-0.15, -0.1) is 0 Å². The van der Waals surface area contributed by atoms with Gasteiger partial charge in [-0.2, -0.15) is 0 Å². The van der Waals surface area contributed by atoms with Crippen LogP contribution in [0.1, 0.15) is 77.0 Å². The second-order valence-corrected chi connectivity index (χ2v) is 19.5. The van der Waals surface area contributed by atoms with Gasteiger partial charge >= 0.3 is 144 Å². The molecule has 6 fully saturated rings. The van der Waals surface area contributed by atoms with Crippen molar-refractivity contribution in [3.05, 3.63) is 0 Å². The number of fused-ring (bicyclic) bond motifs is 6. The first-order valence-corrected chi connectivity index (χ1v) is 15.7. The number of hydrogen-bond donors (Lipinski definition) is 0. The van der Waals surface area contributed by atoms with Crippen LogP contribution < -0.4 is 0 Å². The zero-order valence-electron chi connectivity index (χ0n) is 14.2. The van der Waals surface area contributed by atoms with E-state index in [1.54, 1.807) is 77.0 Å². The summed E-state index contributed by atoms with van der Waals surface area (Å²) >= 11 is -1.24. The molecule has 121 valence electrons. The van der Waals surface area contributed by atoms with Crippen molar-refractivity contribution in [2.75, 3.05) is 0 Å². The SMILES string of the molecule is C1CC2CC1C[CH]2[Sn]([CH]1CC2CCC1C2)[CH]1CC2CCC1C2. The minimum atomic E-state index is -1.24. The summed E-state index contributed by atoms with van der Waals surface area (Å²) in [7, 11) is 0. The molecule has 6 rings (SSSR count). The molecule has 0 aromatic heterocycles. The van der Waals surface area contributed by atoms with Crippen molar-refractivity contribution in [3.63, 3.8) is 0 Å². The molecule has 9 unspecified atom stereocenters. The molecule has 6 aliphatic carbocycles. The summed E-state index contributed by atoms with van der Waals surface area (Å²) in [6.07, 6.45) is 20.2. The van der Waals surface area contributed by atoms with Crippen LogP contribution in [0.2, 0.25) is 11.8 Å². The van der Waals surface area contributed by atoms with Crippen LogP contribution in [-0.2, 0) is 0 Å². The second-order valence-electron chi connectivity index (χ2n) is 10.3. The Balaban J connectivity index is 1.32. The molecule has 9 atom stereocenters. The number of hydrogen-bond acceptors (Lipinski definition) is 0. The van der Waals surface area contributed by atoms with E-state index < -0.39 is 19.8 Å². The summed E-state index contributed by atoms with van der Waals surface area (Å²) in [5, 5.41) is 0. The van der Waals surface area contributed by atoms with Crippen molar-refractivity contribution < 1.29 is 0 Å². The van der Waals surface area contributed by atoms with Crippen molar-refractivity contribution in [1.29, 1.82) is 0 Å². The Morgan fingerprint density at radius 2 is 0.773 bits per heavy atom. The molecule has 0 heterocycles. The summed E-state index contributed by atoms with van der Waals surface area (Å²) in [5.74, 6) is 7.42. The Labute approximate surface area is 143 Å². The Kier molecular flexibility index (Phi) is 3.28. The summed E-state index contributed by atoms with van der Waals surface area (Å²) in [6.45, 7) is 0. The van der Waals surface area contributed by atoms with Crippen molar-refractivity contribution in [2.45, 2.75) is 88.9 Å². The Hall–Kier alpha value is 0.799. The maximum absolute atomic E-state index is 1.75. The first kappa shape index (κ1) is 14.0. The van der Waals surface area contributed by atoms with E-state index >= 15 is 0 Å². The van der Waals surface area contributed by atoms with E-state index in [4.69, 9.17) is 0 Å². The minimum absolute atomic E-state index is 1.21. The average Bonchev–Trinajstić information content (AvgIpc) is 3.32. The molecule has 6 aliphatic rings. The van der Waals surface area contributed by atoms with Crippen molar-refractivity contribution >= 4 is 19.8 Å². The fraction of sp³-hybridized carbons (Fsp3) is 1.00. The molecule has 6 bridgehead atoms. The van der Waals surface area contributed by atoms with Crippen LogP contribution >= 0.6 is 0 Å². The number of rotatable bonds is 3. The van der Waals surface area contributed by atoms with Crippen LogP contribution in [0.4, 0.5) is 0 Å². The molecule has 0 nitrogen and oxygen atoms in total. The molecule has 0 amide bonds. The molecule has 0 spiro atoms. The topological polar surface area (TPSA) is 0 Å². The quantitative estimate of drug-likeness (QED) is 0.503. The third kappa shape index (κ3) is 2.00. The van der Waals surface area contributed by atoms with Crippen molar-refractivity contribution in [1.82, 2.24) is 0 Å². The molecule has 0 N–H and O–H groups in total. The predicted octanol–water partition coefficient (Wildman–Crippen LogP) is 6.05. The van der Waals surface area contributed by atoms with Gasteiger partial charge in [0.1, 0.15) is 0 Å². The summed E-state index contributed by atoms with van der Waals surface area (Å²) in [5.41, 5.74) is 0. The summed E-state index contributed by atoms with van der Waals surface area (Å²) in [4.78, 5) is 0. The van der Waals surface area contributed by atoms with Crippen LogP contribution in [0, 0.1) is 35.5 Å². The molecule has 0 aliphatic heterocycles. The molecule has 6 saturated carbocycles. The molecule has 0 aromatic carbocycles. The second kappa shape index (κ2) is 5.15. The van der Waals surface area contributed by atoms with Gasteiger partial charge in [-0.05, 0) is 0 Å². The van der Waals surface area contributed by atoms with E-state index in [0.717, 1.165) is 0 Å². The molecular weight excluding hydrogens is 371 g/mol. The van der Waals surface area contributed by atoms with Crippen LogP contribution in [-0.4, -0.2) is 19.8 Å². The summed E-state index contributed by atoms with van der Waals surface area (Å²) in [6, 6.07) is 0. The van der Waals surface area contributed by atoms with Gasteiger partial charge in [-0.1, -0.05) is 0 Å². The third-order valence-electron chi connectivity index (χ3n) is 9.50. The zero-order valence-corrected chi connectivity index (χ0v) is 17.0. The van der Waals surface area contributed by atoms with Gasteiger partial charge in [0.25, 0.3) is 0 Å². The van der Waals surface area contributed by atoms with Gasteiger partial charge in [0, 0.05) is 0 Å². The zero-order chi connectivity index (χ0) is 14.3. The summed E-state index contributed by atoms with van der Waals surface area (Å²) < 4.78 is 4.15. The van der Waals surface area contributed by atoms with E-state index in [9.17, 15) is 0 Å². The van der Waals surface area contributed by atoms with Gasteiger partial charge in [-0.3, -0.25) is 0 Å². The molecular formula is C21H33Sn. The predicted molar refractivity (Wildman–Crippen MR) is 93.3 cm³/mol. The van der Waals surface area contributed by atoms with Crippen LogP contribution in [0.3, 0.4) is 0 Å². The van der Waals surface area contributed by atoms with Crippen molar-refractivity contribution in [2.24, 2.45) is 35.5 Å². The van der Waals surface area contributed by atoms with Gasteiger partial charge in [-0.25, -0.2) is 0 Å². The standard InChI is InChI=1S/3C7H11.Sn/c3*1-2-7-4-3-6(1)5-7;/h3*1,6-7H,2-5H2;. The van der Waals surface area contributed by atoms with Gasteiger partial charge < -0.3 is 0 Å². The molecule has 1 radical (unpaired) electrons. The monoisotopic (exact) mass is 405 g/mol. The van der Waals surface area contributed by atoms with Gasteiger partial charge in [0.05, 0.1) is 0 Å². The first-order valence-electron chi connectivity index (χ1n) is 10.7. The Morgan fingerprint density at radius 3 is 1.00 bits per heavy atom. The van der Waals surface area contributed by atoms with Gasteiger partial charge in [0.2, 0.25) is 0 Å². The molecule has 22 heavy (non-hydrogen) atoms. The first-order chi connectivity index (χ1) is 10.8. The van der Waals surface area contributed by atoms with Crippen LogP contribution in [0.25, 0.3) is 0 Å². The van der Waals surface area contributed by atoms with Crippen LogP contribution in [0.15, 0.2) is 0 Å². The third-order valence-corrected chi connectivity index (χ3v) is 22.9. The normalized spacial score (nSPS) is 58.5. The van der Waals surface area contributed by atoms with E-state index in [2.05, 4.69) is 0 Å².